The Morgan fingerprint density at radius 2 is 1.41 bits per heavy atom. The van der Waals surface area contributed by atoms with E-state index in [2.05, 4.69) is 117 Å². The number of aromatic nitrogens is 1. The smallest absolute Gasteiger partial charge is 0.252 e. The first-order chi connectivity index (χ1) is 16.3. The minimum absolute atomic E-state index is 0.211. The van der Waals surface area contributed by atoms with Gasteiger partial charge in [-0.1, -0.05) is 57.2 Å². The zero-order valence-electron chi connectivity index (χ0n) is 20.6. The number of benzene rings is 3. The summed E-state index contributed by atoms with van der Waals surface area (Å²) in [6.07, 6.45) is 3.00. The monoisotopic (exact) mass is 443 g/mol. The van der Waals surface area contributed by atoms with E-state index in [0.717, 1.165) is 12.1 Å². The minimum atomic E-state index is 0.211. The van der Waals surface area contributed by atoms with Gasteiger partial charge in [0.2, 0.25) is 0 Å². The number of hydrogen-bond acceptors (Lipinski definition) is 3. The van der Waals surface area contributed by atoms with Crippen LogP contribution in [0, 0.1) is 5.41 Å². The van der Waals surface area contributed by atoms with Gasteiger partial charge in [-0.05, 0) is 70.2 Å². The Balaban J connectivity index is 1.62. The molecule has 2 aliphatic heterocycles. The Morgan fingerprint density at radius 3 is 2.09 bits per heavy atom. The van der Waals surface area contributed by atoms with Crippen molar-refractivity contribution in [2.45, 2.75) is 27.2 Å². The number of para-hydroxylation sites is 2. The number of rotatable bonds is 2. The van der Waals surface area contributed by atoms with Gasteiger partial charge < -0.3 is 9.80 Å². The highest BCUT2D eigenvalue weighted by molar-refractivity contribution is 7.00. The van der Waals surface area contributed by atoms with E-state index in [4.69, 9.17) is 4.98 Å². The normalized spacial score (nSPS) is 14.0. The number of fused-ring (bicyclic) bond motifs is 4. The molecule has 34 heavy (non-hydrogen) atoms. The first-order valence-electron chi connectivity index (χ1n) is 12.1. The van der Waals surface area contributed by atoms with Gasteiger partial charge in [0.05, 0.1) is 5.69 Å². The van der Waals surface area contributed by atoms with E-state index in [1.165, 1.54) is 50.3 Å². The molecule has 0 radical (unpaired) electrons. The Hall–Kier alpha value is -3.53. The summed E-state index contributed by atoms with van der Waals surface area (Å²) < 4.78 is 0. The molecule has 0 unspecified atom stereocenters. The minimum Gasteiger partial charge on any atom is -0.345 e. The van der Waals surface area contributed by atoms with E-state index in [1.807, 2.05) is 6.20 Å². The van der Waals surface area contributed by atoms with Crippen LogP contribution < -0.4 is 26.2 Å². The number of anilines is 4. The van der Waals surface area contributed by atoms with Gasteiger partial charge in [0.25, 0.3) is 6.71 Å². The van der Waals surface area contributed by atoms with Crippen molar-refractivity contribution in [3.63, 3.8) is 0 Å². The second-order valence-corrected chi connectivity index (χ2v) is 10.8. The third-order valence-corrected chi connectivity index (χ3v) is 7.23. The fourth-order valence-corrected chi connectivity index (χ4v) is 5.89. The van der Waals surface area contributed by atoms with Crippen molar-refractivity contribution in [3.05, 3.63) is 84.6 Å². The number of pyridine rings is 1. The van der Waals surface area contributed by atoms with E-state index in [0.29, 0.717) is 0 Å². The van der Waals surface area contributed by atoms with Crippen molar-refractivity contribution >= 4 is 45.9 Å². The summed E-state index contributed by atoms with van der Waals surface area (Å²) in [7, 11) is 4.39. The van der Waals surface area contributed by atoms with Gasteiger partial charge in [-0.3, -0.25) is 4.98 Å². The third-order valence-electron chi connectivity index (χ3n) is 7.23. The average molecular weight is 443 g/mol. The van der Waals surface area contributed by atoms with Gasteiger partial charge in [0.1, 0.15) is 0 Å². The van der Waals surface area contributed by atoms with Crippen molar-refractivity contribution in [1.82, 2.24) is 4.98 Å². The Bertz CT molecular complexity index is 1410. The van der Waals surface area contributed by atoms with Crippen LogP contribution >= 0.6 is 0 Å². The average Bonchev–Trinajstić information content (AvgIpc) is 2.82. The molecule has 0 saturated carbocycles. The van der Waals surface area contributed by atoms with Crippen LogP contribution in [0.3, 0.4) is 0 Å². The topological polar surface area (TPSA) is 19.4 Å². The SMILES string of the molecule is CN1c2ccccc2B2c3ccccc3N(C)c3c(-c4cc(CC(C)(C)C)ccn4)ccc1c32. The van der Waals surface area contributed by atoms with Crippen molar-refractivity contribution in [2.75, 3.05) is 23.9 Å². The molecule has 2 aliphatic rings. The summed E-state index contributed by atoms with van der Waals surface area (Å²) in [5.41, 5.74) is 13.0. The molecule has 0 fully saturated rings. The summed E-state index contributed by atoms with van der Waals surface area (Å²) in [5, 5.41) is 0. The summed E-state index contributed by atoms with van der Waals surface area (Å²) in [5.74, 6) is 0. The molecule has 168 valence electrons. The zero-order valence-corrected chi connectivity index (χ0v) is 20.6. The molecule has 6 rings (SSSR count). The van der Waals surface area contributed by atoms with E-state index in [-0.39, 0.29) is 12.1 Å². The number of hydrogen-bond donors (Lipinski definition) is 0. The molecule has 4 heteroatoms. The van der Waals surface area contributed by atoms with Crippen LogP contribution in [0.1, 0.15) is 26.3 Å². The second kappa shape index (κ2) is 7.49. The molecule has 3 nitrogen and oxygen atoms in total. The summed E-state index contributed by atoms with van der Waals surface area (Å²) in [6, 6.07) is 26.7. The van der Waals surface area contributed by atoms with Gasteiger partial charge in [-0.15, -0.1) is 0 Å². The van der Waals surface area contributed by atoms with E-state index in [1.54, 1.807) is 0 Å². The van der Waals surface area contributed by atoms with Crippen molar-refractivity contribution in [1.29, 1.82) is 0 Å². The number of nitrogens with zero attached hydrogens (tertiary/aromatic N) is 3. The first kappa shape index (κ1) is 21.0. The third kappa shape index (κ3) is 3.16. The van der Waals surface area contributed by atoms with Gasteiger partial charge in [-0.25, -0.2) is 0 Å². The van der Waals surface area contributed by atoms with Crippen LogP contribution in [0.4, 0.5) is 22.7 Å². The zero-order chi connectivity index (χ0) is 23.6. The second-order valence-electron chi connectivity index (χ2n) is 10.8. The lowest BCUT2D eigenvalue weighted by Crippen LogP contribution is -2.61. The molecular weight excluding hydrogens is 413 g/mol. The predicted molar refractivity (Wildman–Crippen MR) is 146 cm³/mol. The highest BCUT2D eigenvalue weighted by Gasteiger charge is 2.41. The van der Waals surface area contributed by atoms with E-state index in [9.17, 15) is 0 Å². The Labute approximate surface area is 203 Å². The largest absolute Gasteiger partial charge is 0.345 e. The molecule has 0 amide bonds. The lowest BCUT2D eigenvalue weighted by molar-refractivity contribution is 0.411. The van der Waals surface area contributed by atoms with Crippen molar-refractivity contribution < 1.29 is 0 Å². The van der Waals surface area contributed by atoms with Crippen molar-refractivity contribution in [2.24, 2.45) is 5.41 Å². The lowest BCUT2D eigenvalue weighted by atomic mass is 9.33. The highest BCUT2D eigenvalue weighted by atomic mass is 15.1. The maximum Gasteiger partial charge on any atom is 0.252 e. The Kier molecular flexibility index (Phi) is 4.64. The van der Waals surface area contributed by atoms with Gasteiger partial charge in [-0.2, -0.15) is 0 Å². The molecule has 0 spiro atoms. The van der Waals surface area contributed by atoms with Crippen LogP contribution in [0.2, 0.25) is 0 Å². The molecule has 4 aromatic rings. The molecule has 3 heterocycles. The predicted octanol–water partition coefficient (Wildman–Crippen LogP) is 5.02. The lowest BCUT2D eigenvalue weighted by Gasteiger charge is -2.42. The van der Waals surface area contributed by atoms with Crippen LogP contribution in [-0.4, -0.2) is 25.8 Å². The summed E-state index contributed by atoms with van der Waals surface area (Å²) in [6.45, 7) is 7.08. The van der Waals surface area contributed by atoms with Crippen LogP contribution in [0.15, 0.2) is 79.0 Å². The van der Waals surface area contributed by atoms with Gasteiger partial charge in [0, 0.05) is 48.6 Å². The molecule has 0 atom stereocenters. The maximum atomic E-state index is 4.86. The molecule has 1 aromatic heterocycles. The van der Waals surface area contributed by atoms with Crippen LogP contribution in [0.5, 0.6) is 0 Å². The fourth-order valence-electron chi connectivity index (χ4n) is 5.89. The van der Waals surface area contributed by atoms with Crippen LogP contribution in [-0.2, 0) is 6.42 Å². The molecule has 0 saturated heterocycles. The quantitative estimate of drug-likeness (QED) is 0.406. The van der Waals surface area contributed by atoms with E-state index >= 15 is 0 Å². The molecule has 0 aliphatic carbocycles. The summed E-state index contributed by atoms with van der Waals surface area (Å²) in [4.78, 5) is 9.58. The molecule has 3 aromatic carbocycles. The van der Waals surface area contributed by atoms with Crippen LogP contribution in [0.25, 0.3) is 11.3 Å². The standard InChI is InChI=1S/C30H30BN3/c1-30(2,3)19-20-16-17-32-24(18-20)21-14-15-27-28-29(21)34(5)26-13-9-7-11-23(26)31(28)22-10-6-8-12-25(22)33(27)4/h6-18H,19H2,1-5H3. The first-order valence-corrected chi connectivity index (χ1v) is 12.1. The molecule has 0 bridgehead atoms. The molecule has 0 N–H and O–H groups in total. The summed E-state index contributed by atoms with van der Waals surface area (Å²) >= 11 is 0. The maximum absolute atomic E-state index is 4.86. The Morgan fingerprint density at radius 1 is 0.765 bits per heavy atom. The fraction of sp³-hybridized carbons (Fsp3) is 0.233. The molecular formula is C30H30BN3. The highest BCUT2D eigenvalue weighted by Crippen LogP contribution is 2.41. The van der Waals surface area contributed by atoms with Gasteiger partial charge in [0.15, 0.2) is 0 Å². The van der Waals surface area contributed by atoms with Crippen molar-refractivity contribution in [3.8, 4) is 11.3 Å². The van der Waals surface area contributed by atoms with E-state index < -0.39 is 0 Å². The van der Waals surface area contributed by atoms with Gasteiger partial charge >= 0.3 is 0 Å².